The molecule has 3 aromatic rings. The van der Waals surface area contributed by atoms with Crippen molar-refractivity contribution >= 4 is 22.2 Å². The second kappa shape index (κ2) is 4.17. The van der Waals surface area contributed by atoms with Crippen molar-refractivity contribution in [3.8, 4) is 0 Å². The molecule has 26 heavy (non-hydrogen) atoms. The fraction of sp³-hybridized carbons (Fsp3) is 0.240. The topological polar surface area (TPSA) is 12.4 Å². The summed E-state index contributed by atoms with van der Waals surface area (Å²) in [5, 5.41) is 3.06. The molecule has 2 unspecified atom stereocenters. The van der Waals surface area contributed by atoms with E-state index in [1.165, 1.54) is 50.2 Å². The molecular weight excluding hydrogens is 314 g/mol. The minimum atomic E-state index is 0.354. The molecule has 7 rings (SSSR count). The summed E-state index contributed by atoms with van der Waals surface area (Å²) in [6, 6.07) is 11.6. The Bertz CT molecular complexity index is 1260. The third-order valence-corrected chi connectivity index (χ3v) is 7.02. The summed E-state index contributed by atoms with van der Waals surface area (Å²) in [4.78, 5) is 5.19. The van der Waals surface area contributed by atoms with Gasteiger partial charge in [0.15, 0.2) is 0 Å². The normalized spacial score (nSPS) is 22.8. The number of allylic oxidation sites excluding steroid dienone is 2. The first kappa shape index (κ1) is 13.5. The van der Waals surface area contributed by atoms with E-state index >= 15 is 0 Å². The van der Waals surface area contributed by atoms with Gasteiger partial charge in [-0.3, -0.25) is 4.99 Å². The zero-order valence-electron chi connectivity index (χ0n) is 15.1. The largest absolute Gasteiger partial charge is 0.256 e. The Balaban J connectivity index is 1.76. The molecule has 1 heterocycles. The zero-order chi connectivity index (χ0) is 17.2. The Morgan fingerprint density at radius 2 is 1.73 bits per heavy atom. The van der Waals surface area contributed by atoms with Crippen molar-refractivity contribution in [1.29, 1.82) is 0 Å². The highest BCUT2D eigenvalue weighted by Gasteiger charge is 2.44. The van der Waals surface area contributed by atoms with Crippen molar-refractivity contribution in [3.63, 3.8) is 0 Å². The molecule has 0 N–H and O–H groups in total. The number of hydrogen-bond donors (Lipinski definition) is 0. The molecule has 0 aromatic heterocycles. The van der Waals surface area contributed by atoms with Gasteiger partial charge < -0.3 is 0 Å². The molecular formula is C25H19N. The first-order valence-corrected chi connectivity index (χ1v) is 9.67. The summed E-state index contributed by atoms with van der Waals surface area (Å²) in [6.07, 6.45) is 6.88. The van der Waals surface area contributed by atoms with Crippen LogP contribution in [0.25, 0.3) is 10.8 Å². The fourth-order valence-corrected chi connectivity index (χ4v) is 6.22. The van der Waals surface area contributed by atoms with Crippen LogP contribution in [0.3, 0.4) is 0 Å². The maximum absolute atomic E-state index is 5.19. The van der Waals surface area contributed by atoms with Crippen molar-refractivity contribution in [1.82, 2.24) is 0 Å². The van der Waals surface area contributed by atoms with Crippen molar-refractivity contribution in [2.24, 2.45) is 4.99 Å². The molecule has 0 fully saturated rings. The van der Waals surface area contributed by atoms with Crippen LogP contribution < -0.4 is 0 Å². The first-order chi connectivity index (χ1) is 12.7. The molecule has 0 saturated heterocycles. The van der Waals surface area contributed by atoms with E-state index in [-0.39, 0.29) is 0 Å². The van der Waals surface area contributed by atoms with Gasteiger partial charge in [-0.25, -0.2) is 0 Å². The van der Waals surface area contributed by atoms with Crippen LogP contribution in [0.2, 0.25) is 0 Å². The molecule has 1 nitrogen and oxygen atoms in total. The number of benzene rings is 3. The van der Waals surface area contributed by atoms with Crippen LogP contribution in [0.1, 0.15) is 56.3 Å². The smallest absolute Gasteiger partial charge is 0.0674 e. The van der Waals surface area contributed by atoms with Crippen molar-refractivity contribution in [2.75, 3.05) is 0 Å². The molecule has 0 saturated carbocycles. The highest BCUT2D eigenvalue weighted by Crippen LogP contribution is 2.57. The Hall–Kier alpha value is -2.67. The number of rotatable bonds is 0. The van der Waals surface area contributed by atoms with E-state index in [2.05, 4.69) is 56.3 Å². The summed E-state index contributed by atoms with van der Waals surface area (Å²) in [5.74, 6) is 0.732. The lowest BCUT2D eigenvalue weighted by atomic mass is 9.64. The van der Waals surface area contributed by atoms with Gasteiger partial charge in [0, 0.05) is 11.6 Å². The minimum absolute atomic E-state index is 0.354. The van der Waals surface area contributed by atoms with Crippen LogP contribution in [0.5, 0.6) is 0 Å². The van der Waals surface area contributed by atoms with Gasteiger partial charge in [0.25, 0.3) is 0 Å². The average molecular weight is 333 g/mol. The van der Waals surface area contributed by atoms with E-state index in [4.69, 9.17) is 4.99 Å². The summed E-state index contributed by atoms with van der Waals surface area (Å²) < 4.78 is 0. The fourth-order valence-electron chi connectivity index (χ4n) is 6.22. The number of fused-ring (bicyclic) bond motifs is 1. The number of nitrogens with zero attached hydrogens (tertiary/aromatic N) is 1. The second-order valence-corrected chi connectivity index (χ2v) is 8.39. The molecule has 0 amide bonds. The third kappa shape index (κ3) is 1.33. The predicted molar refractivity (Wildman–Crippen MR) is 107 cm³/mol. The predicted octanol–water partition coefficient (Wildman–Crippen LogP) is 5.79. The maximum atomic E-state index is 5.19. The highest BCUT2D eigenvalue weighted by molar-refractivity contribution is 6.16. The van der Waals surface area contributed by atoms with Gasteiger partial charge in [0.2, 0.25) is 0 Å². The quantitative estimate of drug-likeness (QED) is 0.462. The molecule has 2 atom stereocenters. The van der Waals surface area contributed by atoms with Gasteiger partial charge in [-0.2, -0.15) is 0 Å². The number of aliphatic imine (C=N–C) groups is 1. The van der Waals surface area contributed by atoms with E-state index < -0.39 is 0 Å². The molecule has 3 aromatic carbocycles. The second-order valence-electron chi connectivity index (χ2n) is 8.39. The third-order valence-electron chi connectivity index (χ3n) is 7.02. The highest BCUT2D eigenvalue weighted by atomic mass is 14.8. The standard InChI is InChI=1S/C25H19N/c1-12-9-14-5-3-7-17-20(14)23-19(12)13(2)10-16-11-15-6-4-8-18-21(15)24(22(16)23)25(17)26-18/h3-4,6-10,17,24H,5,11H2,1-2H3. The molecule has 4 aliphatic rings. The van der Waals surface area contributed by atoms with Gasteiger partial charge in [0.1, 0.15) is 0 Å². The lowest BCUT2D eigenvalue weighted by Gasteiger charge is -2.38. The van der Waals surface area contributed by atoms with E-state index in [0.29, 0.717) is 11.8 Å². The van der Waals surface area contributed by atoms with Gasteiger partial charge >= 0.3 is 0 Å². The number of aryl methyl sites for hydroxylation is 2. The van der Waals surface area contributed by atoms with Crippen molar-refractivity contribution < 1.29 is 0 Å². The molecule has 1 heteroatoms. The minimum Gasteiger partial charge on any atom is -0.256 e. The Kier molecular flexibility index (Phi) is 2.17. The van der Waals surface area contributed by atoms with Gasteiger partial charge in [-0.05, 0) is 88.0 Å². The summed E-state index contributed by atoms with van der Waals surface area (Å²) in [6.45, 7) is 4.59. The van der Waals surface area contributed by atoms with E-state index in [1.54, 1.807) is 16.5 Å². The van der Waals surface area contributed by atoms with Crippen LogP contribution in [0.15, 0.2) is 47.5 Å². The molecule has 0 spiro atoms. The van der Waals surface area contributed by atoms with Crippen molar-refractivity contribution in [2.45, 2.75) is 38.5 Å². The summed E-state index contributed by atoms with van der Waals surface area (Å²) in [7, 11) is 0. The first-order valence-electron chi connectivity index (χ1n) is 9.67. The Morgan fingerprint density at radius 1 is 0.885 bits per heavy atom. The van der Waals surface area contributed by atoms with Gasteiger partial charge in [-0.1, -0.05) is 36.4 Å². The van der Waals surface area contributed by atoms with Crippen LogP contribution in [0.4, 0.5) is 5.69 Å². The average Bonchev–Trinajstić information content (AvgIpc) is 3.02. The maximum Gasteiger partial charge on any atom is 0.0674 e. The molecule has 1 aliphatic heterocycles. The zero-order valence-corrected chi connectivity index (χ0v) is 15.1. The van der Waals surface area contributed by atoms with Crippen LogP contribution in [-0.4, -0.2) is 5.71 Å². The van der Waals surface area contributed by atoms with Crippen LogP contribution >= 0.6 is 0 Å². The van der Waals surface area contributed by atoms with E-state index in [1.807, 2.05) is 0 Å². The molecule has 0 bridgehead atoms. The van der Waals surface area contributed by atoms with E-state index in [9.17, 15) is 0 Å². The molecule has 3 aliphatic carbocycles. The summed E-state index contributed by atoms with van der Waals surface area (Å²) in [5.41, 5.74) is 14.6. The SMILES string of the molecule is Cc1cc2c3c4c5c(cc(C)c14)Cc1cccc4c1C5C(=N4)C3C=CC2. The monoisotopic (exact) mass is 333 g/mol. The lowest BCUT2D eigenvalue weighted by molar-refractivity contribution is 0.905. The van der Waals surface area contributed by atoms with E-state index in [0.717, 1.165) is 12.8 Å². The van der Waals surface area contributed by atoms with Gasteiger partial charge in [-0.15, -0.1) is 0 Å². The summed E-state index contributed by atoms with van der Waals surface area (Å²) >= 11 is 0. The van der Waals surface area contributed by atoms with Crippen LogP contribution in [-0.2, 0) is 12.8 Å². The van der Waals surface area contributed by atoms with Crippen LogP contribution in [0, 0.1) is 13.8 Å². The lowest BCUT2D eigenvalue weighted by Crippen LogP contribution is -2.29. The van der Waals surface area contributed by atoms with Crippen molar-refractivity contribution in [3.05, 3.63) is 87.0 Å². The number of hydrogen-bond acceptors (Lipinski definition) is 1. The Labute approximate surface area is 153 Å². The molecule has 0 radical (unpaired) electrons. The molecule has 124 valence electrons. The van der Waals surface area contributed by atoms with Gasteiger partial charge in [0.05, 0.1) is 11.6 Å². The Morgan fingerprint density at radius 3 is 2.62 bits per heavy atom.